The largest absolute Gasteiger partial charge is 0.489 e. The van der Waals surface area contributed by atoms with Crippen molar-refractivity contribution < 1.29 is 19.2 Å². The molecule has 6 rings (SSSR count). The Labute approximate surface area is 219 Å². The summed E-state index contributed by atoms with van der Waals surface area (Å²) in [7, 11) is 0. The monoisotopic (exact) mass is 510 g/mol. The molecule has 2 heterocycles. The van der Waals surface area contributed by atoms with Gasteiger partial charge in [-0.25, -0.2) is 9.96 Å². The van der Waals surface area contributed by atoms with Gasteiger partial charge in [0, 0.05) is 5.02 Å². The Morgan fingerprint density at radius 1 is 0.757 bits per heavy atom. The molecule has 2 aliphatic heterocycles. The van der Waals surface area contributed by atoms with Crippen LogP contribution in [0.15, 0.2) is 109 Å². The predicted octanol–water partition coefficient (Wildman–Crippen LogP) is 5.97. The second-order valence-electron chi connectivity index (χ2n) is 8.99. The van der Waals surface area contributed by atoms with Crippen LogP contribution in [-0.4, -0.2) is 17.9 Å². The lowest BCUT2D eigenvalue weighted by Crippen LogP contribution is -2.37. The second-order valence-corrected chi connectivity index (χ2v) is 9.43. The maximum Gasteiger partial charge on any atom is 0.266 e. The van der Waals surface area contributed by atoms with Crippen LogP contribution in [0.2, 0.25) is 5.02 Å². The molecule has 2 aliphatic rings. The first-order valence-electron chi connectivity index (χ1n) is 12.0. The molecule has 0 saturated carbocycles. The van der Waals surface area contributed by atoms with Crippen molar-refractivity contribution in [3.8, 4) is 5.75 Å². The molecule has 2 amide bonds. The lowest BCUT2D eigenvalue weighted by atomic mass is 9.90. The number of nitrogens with zero attached hydrogens (tertiary/aromatic N) is 2. The zero-order chi connectivity index (χ0) is 25.4. The molecular formula is C30H23ClN2O4. The van der Waals surface area contributed by atoms with Gasteiger partial charge in [-0.15, -0.1) is 0 Å². The molecule has 0 bridgehead atoms. The number of hydroxylamine groups is 1. The maximum atomic E-state index is 13.7. The number of carbonyl (C=O) groups is 2. The number of halogens is 1. The van der Waals surface area contributed by atoms with Crippen LogP contribution in [0.1, 0.15) is 17.2 Å². The first kappa shape index (κ1) is 23.3. The summed E-state index contributed by atoms with van der Waals surface area (Å²) in [6.07, 6.45) is -0.939. The van der Waals surface area contributed by atoms with E-state index in [-0.39, 0.29) is 5.91 Å². The van der Waals surface area contributed by atoms with Crippen molar-refractivity contribution in [3.05, 3.63) is 125 Å². The third-order valence-electron chi connectivity index (χ3n) is 6.66. The van der Waals surface area contributed by atoms with Crippen molar-refractivity contribution in [3.63, 3.8) is 0 Å². The molecule has 2 fully saturated rings. The Bertz CT molecular complexity index is 1430. The van der Waals surface area contributed by atoms with Crippen molar-refractivity contribution >= 4 is 34.8 Å². The molecule has 0 N–H and O–H groups in total. The van der Waals surface area contributed by atoms with E-state index in [0.717, 1.165) is 16.8 Å². The first-order valence-corrected chi connectivity index (χ1v) is 12.4. The van der Waals surface area contributed by atoms with E-state index in [0.29, 0.717) is 23.1 Å². The van der Waals surface area contributed by atoms with Crippen LogP contribution in [0.5, 0.6) is 5.75 Å². The fourth-order valence-electron chi connectivity index (χ4n) is 4.92. The van der Waals surface area contributed by atoms with E-state index < -0.39 is 24.0 Å². The minimum atomic E-state index is -0.939. The lowest BCUT2D eigenvalue weighted by Gasteiger charge is -2.29. The molecular weight excluding hydrogens is 488 g/mol. The molecule has 4 aromatic carbocycles. The highest BCUT2D eigenvalue weighted by atomic mass is 35.5. The number of ether oxygens (including phenoxy) is 1. The van der Waals surface area contributed by atoms with Crippen molar-refractivity contribution in [2.75, 3.05) is 9.96 Å². The van der Waals surface area contributed by atoms with Gasteiger partial charge in [0.25, 0.3) is 5.91 Å². The van der Waals surface area contributed by atoms with Crippen LogP contribution < -0.4 is 14.7 Å². The summed E-state index contributed by atoms with van der Waals surface area (Å²) in [4.78, 5) is 34.5. The smallest absolute Gasteiger partial charge is 0.266 e. The fraction of sp³-hybridized carbons (Fsp3) is 0.133. The second kappa shape index (κ2) is 9.73. The molecule has 7 heteroatoms. The van der Waals surface area contributed by atoms with Gasteiger partial charge in [-0.2, -0.15) is 0 Å². The minimum absolute atomic E-state index is 0.315. The van der Waals surface area contributed by atoms with E-state index in [9.17, 15) is 9.59 Å². The molecule has 6 nitrogen and oxygen atoms in total. The van der Waals surface area contributed by atoms with Crippen LogP contribution in [0, 0.1) is 5.92 Å². The van der Waals surface area contributed by atoms with E-state index in [1.54, 1.807) is 29.3 Å². The van der Waals surface area contributed by atoms with Crippen LogP contribution in [0.3, 0.4) is 0 Å². The highest BCUT2D eigenvalue weighted by Gasteiger charge is 2.60. The third kappa shape index (κ3) is 4.35. The SMILES string of the molecule is O=C1[C@H]2[C@@H](ON(c3ccccc3)[C@H]2c2ccc(OCc3ccccc3)cc2)C(=O)N1c1cccc(Cl)c1. The molecule has 4 aromatic rings. The van der Waals surface area contributed by atoms with Crippen molar-refractivity contribution in [2.24, 2.45) is 5.92 Å². The number of hydrogen-bond donors (Lipinski definition) is 0. The average Bonchev–Trinajstić information content (AvgIpc) is 3.44. The molecule has 0 spiro atoms. The number of rotatable bonds is 6. The highest BCUT2D eigenvalue weighted by Crippen LogP contribution is 2.47. The van der Waals surface area contributed by atoms with Gasteiger partial charge in [-0.3, -0.25) is 14.4 Å². The van der Waals surface area contributed by atoms with E-state index in [4.69, 9.17) is 21.2 Å². The van der Waals surface area contributed by atoms with E-state index in [2.05, 4.69) is 0 Å². The molecule has 2 saturated heterocycles. The normalized spacial score (nSPS) is 20.8. The minimum Gasteiger partial charge on any atom is -0.489 e. The molecule has 0 unspecified atom stereocenters. The fourth-order valence-corrected chi connectivity index (χ4v) is 5.11. The number of hydrogen-bond acceptors (Lipinski definition) is 5. The zero-order valence-corrected chi connectivity index (χ0v) is 20.5. The van der Waals surface area contributed by atoms with Crippen LogP contribution >= 0.6 is 11.6 Å². The lowest BCUT2D eigenvalue weighted by molar-refractivity contribution is -0.126. The Morgan fingerprint density at radius 3 is 2.14 bits per heavy atom. The topological polar surface area (TPSA) is 59.1 Å². The van der Waals surface area contributed by atoms with Gasteiger partial charge >= 0.3 is 0 Å². The predicted molar refractivity (Wildman–Crippen MR) is 141 cm³/mol. The number of amides is 2. The van der Waals surface area contributed by atoms with E-state index in [1.165, 1.54) is 4.90 Å². The van der Waals surface area contributed by atoms with Crippen molar-refractivity contribution in [2.45, 2.75) is 18.8 Å². The van der Waals surface area contributed by atoms with Crippen LogP contribution in [0.25, 0.3) is 0 Å². The standard InChI is InChI=1S/C30H23ClN2O4/c31-22-10-7-13-24(18-22)32-29(34)26-27(33(37-28(26)30(32)35)23-11-5-2-6-12-23)21-14-16-25(17-15-21)36-19-20-8-3-1-4-9-20/h1-18,26-28H,19H2/t26-,27+,28-/m1/s1. The number of fused-ring (bicyclic) bond motifs is 1. The van der Waals surface area contributed by atoms with Gasteiger partial charge in [-0.05, 0) is 53.6 Å². The van der Waals surface area contributed by atoms with Gasteiger partial charge in [0.05, 0.1) is 17.4 Å². The van der Waals surface area contributed by atoms with Crippen molar-refractivity contribution in [1.29, 1.82) is 0 Å². The van der Waals surface area contributed by atoms with Crippen molar-refractivity contribution in [1.82, 2.24) is 0 Å². The summed E-state index contributed by atoms with van der Waals surface area (Å²) in [5.41, 5.74) is 3.12. The summed E-state index contributed by atoms with van der Waals surface area (Å²) >= 11 is 6.15. The Morgan fingerprint density at radius 2 is 1.43 bits per heavy atom. The molecule has 0 radical (unpaired) electrons. The van der Waals surface area contributed by atoms with Gasteiger partial charge in [-0.1, -0.05) is 78.3 Å². The summed E-state index contributed by atoms with van der Waals surface area (Å²) in [5, 5.41) is 2.13. The molecule has 0 aliphatic carbocycles. The Hall–Kier alpha value is -4.13. The molecule has 0 aromatic heterocycles. The quantitative estimate of drug-likeness (QED) is 0.299. The summed E-state index contributed by atoms with van der Waals surface area (Å²) in [6.45, 7) is 0.454. The number of benzene rings is 4. The molecule has 3 atom stereocenters. The average molecular weight is 511 g/mol. The number of anilines is 2. The van der Waals surface area contributed by atoms with Gasteiger partial charge in [0.2, 0.25) is 5.91 Å². The summed E-state index contributed by atoms with van der Waals surface area (Å²) < 4.78 is 5.95. The van der Waals surface area contributed by atoms with Crippen LogP contribution in [0.4, 0.5) is 11.4 Å². The summed E-state index contributed by atoms with van der Waals surface area (Å²) in [6, 6.07) is 33.3. The number of carbonyl (C=O) groups excluding carboxylic acids is 2. The highest BCUT2D eigenvalue weighted by molar-refractivity contribution is 6.31. The molecule has 37 heavy (non-hydrogen) atoms. The molecule has 184 valence electrons. The number of imide groups is 1. The van der Waals surface area contributed by atoms with E-state index >= 15 is 0 Å². The van der Waals surface area contributed by atoms with Crippen LogP contribution in [-0.2, 0) is 21.0 Å². The Kier molecular flexibility index (Phi) is 6.12. The number of para-hydroxylation sites is 1. The first-order chi connectivity index (χ1) is 18.1. The van der Waals surface area contributed by atoms with Gasteiger partial charge < -0.3 is 4.74 Å². The zero-order valence-electron chi connectivity index (χ0n) is 19.7. The Balaban J connectivity index is 1.32. The third-order valence-corrected chi connectivity index (χ3v) is 6.90. The van der Waals surface area contributed by atoms with Gasteiger partial charge in [0.1, 0.15) is 18.3 Å². The summed E-state index contributed by atoms with van der Waals surface area (Å²) in [5.74, 6) is -0.722. The van der Waals surface area contributed by atoms with Gasteiger partial charge in [0.15, 0.2) is 6.10 Å². The van der Waals surface area contributed by atoms with E-state index in [1.807, 2.05) is 84.9 Å². The maximum absolute atomic E-state index is 13.7.